The van der Waals surface area contributed by atoms with E-state index in [1.807, 2.05) is 31.2 Å². The van der Waals surface area contributed by atoms with Gasteiger partial charge in [0.1, 0.15) is 20.7 Å². The minimum Gasteiger partial charge on any atom is -0.493 e. The summed E-state index contributed by atoms with van der Waals surface area (Å²) in [6.45, 7) is 7.18. The lowest BCUT2D eigenvalue weighted by molar-refractivity contribution is 0.107. The van der Waals surface area contributed by atoms with E-state index >= 15 is 0 Å². The fourth-order valence-electron chi connectivity index (χ4n) is 2.14. The molecule has 3 heteroatoms. The second kappa shape index (κ2) is 9.75. The molecular formula is C17H26O2Si. The van der Waals surface area contributed by atoms with Crippen molar-refractivity contribution in [3.8, 4) is 5.75 Å². The zero-order valence-corrected chi connectivity index (χ0v) is 13.9. The minimum atomic E-state index is 0.213. The molecule has 0 aliphatic rings. The van der Waals surface area contributed by atoms with Crippen molar-refractivity contribution < 1.29 is 9.53 Å². The third kappa shape index (κ3) is 5.49. The highest BCUT2D eigenvalue weighted by Gasteiger charge is 2.13. The molecular weight excluding hydrogens is 264 g/mol. The van der Waals surface area contributed by atoms with E-state index in [1.54, 1.807) is 0 Å². The first-order chi connectivity index (χ1) is 9.72. The van der Waals surface area contributed by atoms with Gasteiger partial charge in [0, 0.05) is 0 Å². The zero-order valence-electron chi connectivity index (χ0n) is 12.9. The molecule has 0 aromatic heterocycles. The van der Waals surface area contributed by atoms with Crippen LogP contribution in [-0.4, -0.2) is 21.5 Å². The highest BCUT2D eigenvalue weighted by molar-refractivity contribution is 6.77. The van der Waals surface area contributed by atoms with Crippen LogP contribution in [0.5, 0.6) is 5.75 Å². The summed E-state index contributed by atoms with van der Waals surface area (Å²) in [7, 11) is 0.343. The Morgan fingerprint density at radius 2 is 2.00 bits per heavy atom. The minimum absolute atomic E-state index is 0.213. The Labute approximate surface area is 125 Å². The fraction of sp³-hybridized carbons (Fsp3) is 0.588. The molecule has 0 bridgehead atoms. The van der Waals surface area contributed by atoms with Gasteiger partial charge in [-0.2, -0.15) is 0 Å². The van der Waals surface area contributed by atoms with E-state index in [4.69, 9.17) is 4.74 Å². The first-order valence-electron chi connectivity index (χ1n) is 7.72. The summed E-state index contributed by atoms with van der Waals surface area (Å²) in [6.07, 6.45) is 4.81. The van der Waals surface area contributed by atoms with Gasteiger partial charge in [0.2, 0.25) is 0 Å². The second-order valence-electron chi connectivity index (χ2n) is 5.08. The Morgan fingerprint density at radius 3 is 2.65 bits per heavy atom. The Hall–Kier alpha value is -1.09. The molecule has 1 atom stereocenters. The molecule has 0 aliphatic heterocycles. The van der Waals surface area contributed by atoms with Crippen LogP contribution < -0.4 is 4.74 Å². The van der Waals surface area contributed by atoms with Crippen molar-refractivity contribution in [2.75, 3.05) is 6.61 Å². The third-order valence-corrected chi connectivity index (χ3v) is 4.43. The molecule has 2 nitrogen and oxygen atoms in total. The number of hydrogen-bond acceptors (Lipinski definition) is 2. The van der Waals surface area contributed by atoms with Crippen LogP contribution in [0.2, 0.25) is 6.04 Å². The molecule has 1 aromatic carbocycles. The van der Waals surface area contributed by atoms with Crippen molar-refractivity contribution in [3.63, 3.8) is 0 Å². The van der Waals surface area contributed by atoms with Crippen LogP contribution in [0.25, 0.3) is 0 Å². The van der Waals surface area contributed by atoms with Crippen molar-refractivity contribution in [1.29, 1.82) is 0 Å². The highest BCUT2D eigenvalue weighted by atomic mass is 28.2. The van der Waals surface area contributed by atoms with Crippen LogP contribution in [0.15, 0.2) is 24.3 Å². The fourth-order valence-corrected chi connectivity index (χ4v) is 2.86. The summed E-state index contributed by atoms with van der Waals surface area (Å²) >= 11 is 0. The zero-order chi connectivity index (χ0) is 14.8. The molecule has 0 spiro atoms. The number of carbonyl (C=O) groups excluding carboxylic acids is 1. The summed E-state index contributed by atoms with van der Waals surface area (Å²) in [5.74, 6) is 1.35. The number of carbonyl (C=O) groups is 1. The lowest BCUT2D eigenvalue weighted by Gasteiger charge is -2.17. The van der Waals surface area contributed by atoms with E-state index in [2.05, 4.69) is 13.8 Å². The second-order valence-corrected chi connectivity index (χ2v) is 6.60. The van der Waals surface area contributed by atoms with Crippen molar-refractivity contribution in [3.05, 3.63) is 29.8 Å². The number of ether oxygens (including phenoxy) is 1. The Morgan fingerprint density at radius 1 is 1.25 bits per heavy atom. The smallest absolute Gasteiger partial charge is 0.139 e. The van der Waals surface area contributed by atoms with Gasteiger partial charge < -0.3 is 9.53 Å². The predicted molar refractivity (Wildman–Crippen MR) is 85.8 cm³/mol. The van der Waals surface area contributed by atoms with Crippen LogP contribution >= 0.6 is 0 Å². The Balaban J connectivity index is 2.64. The molecule has 110 valence electrons. The monoisotopic (exact) mass is 290 g/mol. The molecule has 0 amide bonds. The molecule has 1 unspecified atom stereocenters. The summed E-state index contributed by atoms with van der Waals surface area (Å²) < 4.78 is 5.94. The standard InChI is InChI=1S/C17H26O2Si/c1-4-7-10-14(5-2)13-19-16-12-9-8-11-15(16)17(18)20-6-3/h8-9,11-12,14H,4-7,10,13H2,1-3H3. The highest BCUT2D eigenvalue weighted by Crippen LogP contribution is 2.21. The maximum Gasteiger partial charge on any atom is 0.139 e. The summed E-state index contributed by atoms with van der Waals surface area (Å²) in [5, 5.41) is 0.213. The normalized spacial score (nSPS) is 12.2. The van der Waals surface area contributed by atoms with Crippen LogP contribution in [0.1, 0.15) is 56.8 Å². The lowest BCUT2D eigenvalue weighted by Crippen LogP contribution is -2.15. The average molecular weight is 290 g/mol. The van der Waals surface area contributed by atoms with Gasteiger partial charge in [-0.1, -0.05) is 58.2 Å². The first-order valence-corrected chi connectivity index (χ1v) is 8.93. The number of rotatable bonds is 10. The number of para-hydroxylation sites is 1. The van der Waals surface area contributed by atoms with Crippen molar-refractivity contribution in [2.45, 2.75) is 52.5 Å². The van der Waals surface area contributed by atoms with Crippen molar-refractivity contribution in [1.82, 2.24) is 0 Å². The molecule has 0 heterocycles. The van der Waals surface area contributed by atoms with Gasteiger partial charge in [0.15, 0.2) is 0 Å². The average Bonchev–Trinajstić information content (AvgIpc) is 2.48. The van der Waals surface area contributed by atoms with E-state index in [1.165, 1.54) is 19.3 Å². The number of unbranched alkanes of at least 4 members (excludes halogenated alkanes) is 1. The van der Waals surface area contributed by atoms with Crippen LogP contribution in [-0.2, 0) is 0 Å². The molecule has 1 aromatic rings. The largest absolute Gasteiger partial charge is 0.493 e. The van der Waals surface area contributed by atoms with Gasteiger partial charge >= 0.3 is 0 Å². The van der Waals surface area contributed by atoms with Gasteiger partial charge in [-0.3, -0.25) is 0 Å². The summed E-state index contributed by atoms with van der Waals surface area (Å²) in [6, 6.07) is 8.55. The van der Waals surface area contributed by atoms with Gasteiger partial charge in [0.05, 0.1) is 12.2 Å². The van der Waals surface area contributed by atoms with E-state index in [9.17, 15) is 4.79 Å². The van der Waals surface area contributed by atoms with Gasteiger partial charge in [-0.25, -0.2) is 0 Å². The molecule has 0 fully saturated rings. The van der Waals surface area contributed by atoms with Gasteiger partial charge in [-0.15, -0.1) is 0 Å². The van der Waals surface area contributed by atoms with E-state index in [0.717, 1.165) is 30.4 Å². The molecule has 0 saturated heterocycles. The summed E-state index contributed by atoms with van der Waals surface area (Å²) in [4.78, 5) is 12.1. The van der Waals surface area contributed by atoms with Crippen molar-refractivity contribution >= 4 is 14.9 Å². The number of hydrogen-bond donors (Lipinski definition) is 0. The Bertz CT molecular complexity index is 404. The molecule has 0 N–H and O–H groups in total. The van der Waals surface area contributed by atoms with Gasteiger partial charge in [0.25, 0.3) is 0 Å². The molecule has 20 heavy (non-hydrogen) atoms. The molecule has 1 rings (SSSR count). The van der Waals surface area contributed by atoms with Gasteiger partial charge in [-0.05, 0) is 24.5 Å². The third-order valence-electron chi connectivity index (χ3n) is 3.49. The first kappa shape index (κ1) is 17.0. The van der Waals surface area contributed by atoms with E-state index in [0.29, 0.717) is 15.4 Å². The summed E-state index contributed by atoms with van der Waals surface area (Å²) in [5.41, 5.74) is 0.748. The maximum atomic E-state index is 12.1. The molecule has 0 aliphatic carbocycles. The van der Waals surface area contributed by atoms with Crippen LogP contribution in [0, 0.1) is 5.92 Å². The SMILES string of the molecule is CCCCC(CC)COc1ccccc1C(=O)[Si]CC. The van der Waals surface area contributed by atoms with Crippen LogP contribution in [0.3, 0.4) is 0 Å². The topological polar surface area (TPSA) is 26.3 Å². The number of benzene rings is 1. The van der Waals surface area contributed by atoms with Crippen LogP contribution in [0.4, 0.5) is 0 Å². The Kier molecular flexibility index (Phi) is 8.27. The molecule has 0 saturated carbocycles. The predicted octanol–water partition coefficient (Wildman–Crippen LogP) is 4.56. The molecule has 2 radical (unpaired) electrons. The van der Waals surface area contributed by atoms with Crippen molar-refractivity contribution in [2.24, 2.45) is 5.92 Å². The van der Waals surface area contributed by atoms with E-state index in [-0.39, 0.29) is 5.41 Å². The van der Waals surface area contributed by atoms with E-state index < -0.39 is 0 Å². The lowest BCUT2D eigenvalue weighted by atomic mass is 10.0. The maximum absolute atomic E-state index is 12.1. The quantitative estimate of drug-likeness (QED) is 0.590.